The fraction of sp³-hybridized carbons (Fsp3) is 0.125. The summed E-state index contributed by atoms with van der Waals surface area (Å²) in [7, 11) is 1.53. The van der Waals surface area contributed by atoms with Gasteiger partial charge in [0.25, 0.3) is 0 Å². The fourth-order valence-electron chi connectivity index (χ4n) is 3.62. The highest BCUT2D eigenvalue weighted by Crippen LogP contribution is 2.47. The van der Waals surface area contributed by atoms with Gasteiger partial charge in [-0.05, 0) is 51.8 Å². The van der Waals surface area contributed by atoms with Gasteiger partial charge in [-0.1, -0.05) is 35.3 Å². The molecule has 0 bridgehead atoms. The van der Waals surface area contributed by atoms with E-state index >= 15 is 0 Å². The highest BCUT2D eigenvalue weighted by atomic mass is 79.9. The van der Waals surface area contributed by atoms with Gasteiger partial charge in [0.15, 0.2) is 11.5 Å². The number of methoxy groups -OCH3 is 1. The number of phenolic OH excluding ortho intramolecular Hbond substituents is 1. The molecule has 0 fully saturated rings. The normalized spacial score (nSPS) is 14.8. The molecule has 3 N–H and O–H groups in total. The van der Waals surface area contributed by atoms with Crippen molar-refractivity contribution in [3.05, 3.63) is 91.2 Å². The molecule has 0 saturated heterocycles. The van der Waals surface area contributed by atoms with Crippen LogP contribution in [-0.2, 0) is 6.61 Å². The minimum atomic E-state index is -0.524. The Bertz CT molecular complexity index is 1320. The predicted molar refractivity (Wildman–Crippen MR) is 129 cm³/mol. The number of rotatable bonds is 5. The van der Waals surface area contributed by atoms with E-state index in [0.29, 0.717) is 37.3 Å². The standard InChI is InChI=1S/C24H17BrCl2N2O4/c1-31-21-7-13(6-18(25)23(21)32-11-12-2-3-14(26)8-19(12)27)22-16-5-4-15(30)9-20(16)33-24(29)17(22)10-28/h2-9,22,30H,11,29H2,1H3/t22-/m0/s1. The van der Waals surface area contributed by atoms with Crippen molar-refractivity contribution in [1.29, 1.82) is 5.26 Å². The van der Waals surface area contributed by atoms with Gasteiger partial charge in [0.05, 0.1) is 17.5 Å². The van der Waals surface area contributed by atoms with Gasteiger partial charge in [0.2, 0.25) is 5.88 Å². The summed E-state index contributed by atoms with van der Waals surface area (Å²) < 4.78 is 17.8. The SMILES string of the molecule is COc1cc([C@@H]2C(C#N)=C(N)Oc3cc(O)ccc32)cc(Br)c1OCc1ccc(Cl)cc1Cl. The smallest absolute Gasteiger partial charge is 0.205 e. The first-order valence-electron chi connectivity index (χ1n) is 9.67. The van der Waals surface area contributed by atoms with Gasteiger partial charge in [0, 0.05) is 27.2 Å². The van der Waals surface area contributed by atoms with Crippen LogP contribution in [0.25, 0.3) is 0 Å². The monoisotopic (exact) mass is 546 g/mol. The van der Waals surface area contributed by atoms with Crippen LogP contribution in [0.15, 0.2) is 64.5 Å². The first kappa shape index (κ1) is 23.1. The number of nitriles is 1. The lowest BCUT2D eigenvalue weighted by molar-refractivity contribution is 0.282. The second-order valence-electron chi connectivity index (χ2n) is 7.21. The molecule has 1 heterocycles. The highest BCUT2D eigenvalue weighted by molar-refractivity contribution is 9.10. The molecule has 0 unspecified atom stereocenters. The lowest BCUT2D eigenvalue weighted by Crippen LogP contribution is -2.21. The van der Waals surface area contributed by atoms with E-state index in [2.05, 4.69) is 22.0 Å². The fourth-order valence-corrected chi connectivity index (χ4v) is 4.66. The molecule has 6 nitrogen and oxygen atoms in total. The number of hydrogen-bond donors (Lipinski definition) is 2. The van der Waals surface area contributed by atoms with Crippen LogP contribution in [0.1, 0.15) is 22.6 Å². The van der Waals surface area contributed by atoms with Crippen molar-refractivity contribution >= 4 is 39.1 Å². The highest BCUT2D eigenvalue weighted by Gasteiger charge is 2.32. The van der Waals surface area contributed by atoms with Crippen LogP contribution in [0.3, 0.4) is 0 Å². The molecule has 1 aliphatic heterocycles. The van der Waals surface area contributed by atoms with Gasteiger partial charge in [0.1, 0.15) is 29.7 Å². The Hall–Kier alpha value is -3.05. The number of hydrogen-bond acceptors (Lipinski definition) is 6. The summed E-state index contributed by atoms with van der Waals surface area (Å²) in [6, 6.07) is 15.6. The van der Waals surface area contributed by atoms with E-state index in [9.17, 15) is 10.4 Å². The first-order chi connectivity index (χ1) is 15.8. The maximum atomic E-state index is 9.84. The molecule has 0 aromatic heterocycles. The molecular formula is C24H17BrCl2N2O4. The zero-order valence-corrected chi connectivity index (χ0v) is 20.3. The Morgan fingerprint density at radius 3 is 2.67 bits per heavy atom. The van der Waals surface area contributed by atoms with E-state index in [1.807, 2.05) is 6.07 Å². The first-order valence-corrected chi connectivity index (χ1v) is 11.2. The summed E-state index contributed by atoms with van der Waals surface area (Å²) >= 11 is 15.8. The molecule has 4 rings (SSSR count). The zero-order chi connectivity index (χ0) is 23.7. The summed E-state index contributed by atoms with van der Waals surface area (Å²) in [5, 5.41) is 20.7. The number of nitrogens with zero attached hydrogens (tertiary/aromatic N) is 1. The molecule has 1 atom stereocenters. The Labute approximate surface area is 208 Å². The Morgan fingerprint density at radius 2 is 1.97 bits per heavy atom. The average molecular weight is 548 g/mol. The summed E-state index contributed by atoms with van der Waals surface area (Å²) in [4.78, 5) is 0. The number of fused-ring (bicyclic) bond motifs is 1. The topological polar surface area (TPSA) is 97.7 Å². The van der Waals surface area contributed by atoms with Crippen LogP contribution in [0, 0.1) is 11.3 Å². The van der Waals surface area contributed by atoms with Crippen LogP contribution in [0.4, 0.5) is 0 Å². The molecule has 3 aromatic carbocycles. The molecule has 33 heavy (non-hydrogen) atoms. The predicted octanol–water partition coefficient (Wildman–Crippen LogP) is 6.27. The van der Waals surface area contributed by atoms with Gasteiger partial charge >= 0.3 is 0 Å². The van der Waals surface area contributed by atoms with E-state index in [4.69, 9.17) is 43.1 Å². The molecule has 0 saturated carbocycles. The quantitative estimate of drug-likeness (QED) is 0.391. The molecule has 3 aromatic rings. The molecule has 0 aliphatic carbocycles. The second kappa shape index (κ2) is 9.44. The Kier molecular flexibility index (Phi) is 6.61. The van der Waals surface area contributed by atoms with E-state index in [1.165, 1.54) is 19.2 Å². The van der Waals surface area contributed by atoms with Crippen molar-refractivity contribution in [1.82, 2.24) is 0 Å². The molecule has 0 amide bonds. The maximum absolute atomic E-state index is 9.84. The minimum absolute atomic E-state index is 0.0200. The number of ether oxygens (including phenoxy) is 3. The number of aromatic hydroxyl groups is 1. The second-order valence-corrected chi connectivity index (χ2v) is 8.90. The van der Waals surface area contributed by atoms with Gasteiger partial charge in [-0.2, -0.15) is 5.26 Å². The molecule has 168 valence electrons. The van der Waals surface area contributed by atoms with Crippen LogP contribution in [0.5, 0.6) is 23.0 Å². The van der Waals surface area contributed by atoms with Crippen LogP contribution >= 0.6 is 39.1 Å². The van der Waals surface area contributed by atoms with E-state index < -0.39 is 5.92 Å². The van der Waals surface area contributed by atoms with E-state index in [0.717, 1.165) is 11.1 Å². The number of nitrogens with two attached hydrogens (primary N) is 1. The van der Waals surface area contributed by atoms with Crippen LogP contribution in [0.2, 0.25) is 10.0 Å². The summed E-state index contributed by atoms with van der Waals surface area (Å²) in [5.41, 5.74) is 8.45. The van der Waals surface area contributed by atoms with Crippen LogP contribution in [-0.4, -0.2) is 12.2 Å². The number of phenols is 1. The van der Waals surface area contributed by atoms with Crippen molar-refractivity contribution < 1.29 is 19.3 Å². The summed E-state index contributed by atoms with van der Waals surface area (Å²) in [6.07, 6.45) is 0. The Morgan fingerprint density at radius 1 is 1.18 bits per heavy atom. The molecular weight excluding hydrogens is 531 g/mol. The third-order valence-corrected chi connectivity index (χ3v) is 6.35. The van der Waals surface area contributed by atoms with Gasteiger partial charge < -0.3 is 25.1 Å². The average Bonchev–Trinajstić information content (AvgIpc) is 2.77. The zero-order valence-electron chi connectivity index (χ0n) is 17.2. The van der Waals surface area contributed by atoms with Gasteiger partial charge in [-0.3, -0.25) is 0 Å². The molecule has 0 radical (unpaired) electrons. The van der Waals surface area contributed by atoms with E-state index in [-0.39, 0.29) is 23.8 Å². The van der Waals surface area contributed by atoms with Crippen molar-refractivity contribution in [2.45, 2.75) is 12.5 Å². The van der Waals surface area contributed by atoms with Crippen molar-refractivity contribution in [2.75, 3.05) is 7.11 Å². The Balaban J connectivity index is 1.74. The van der Waals surface area contributed by atoms with Gasteiger partial charge in [-0.25, -0.2) is 0 Å². The van der Waals surface area contributed by atoms with Crippen molar-refractivity contribution in [3.8, 4) is 29.1 Å². The molecule has 1 aliphatic rings. The largest absolute Gasteiger partial charge is 0.508 e. The number of halogens is 3. The maximum Gasteiger partial charge on any atom is 0.205 e. The van der Waals surface area contributed by atoms with E-state index in [1.54, 1.807) is 30.3 Å². The van der Waals surface area contributed by atoms with Gasteiger partial charge in [-0.15, -0.1) is 0 Å². The van der Waals surface area contributed by atoms with Crippen molar-refractivity contribution in [3.63, 3.8) is 0 Å². The lowest BCUT2D eigenvalue weighted by Gasteiger charge is -2.27. The molecule has 0 spiro atoms. The summed E-state index contributed by atoms with van der Waals surface area (Å²) in [6.45, 7) is 0.194. The minimum Gasteiger partial charge on any atom is -0.508 e. The third-order valence-electron chi connectivity index (χ3n) is 5.17. The van der Waals surface area contributed by atoms with Crippen molar-refractivity contribution in [2.24, 2.45) is 5.73 Å². The van der Waals surface area contributed by atoms with Crippen LogP contribution < -0.4 is 19.9 Å². The number of benzene rings is 3. The number of allylic oxidation sites excluding steroid dienone is 1. The third kappa shape index (κ3) is 4.55. The lowest BCUT2D eigenvalue weighted by atomic mass is 9.83. The summed E-state index contributed by atoms with van der Waals surface area (Å²) in [5.74, 6) is 0.791. The molecule has 9 heteroatoms.